The Morgan fingerprint density at radius 1 is 2.00 bits per heavy atom. The molecule has 0 aliphatic heterocycles. The van der Waals surface area contributed by atoms with E-state index in [0.29, 0.717) is 0 Å². The summed E-state index contributed by atoms with van der Waals surface area (Å²) >= 11 is 4.91. The average molecular weight is 140 g/mol. The molecule has 48 valence electrons. The second kappa shape index (κ2) is 2.28. The van der Waals surface area contributed by atoms with Crippen LogP contribution in [-0.4, -0.2) is 15.2 Å². The number of rotatable bonds is 2. The van der Waals surface area contributed by atoms with Crippen molar-refractivity contribution in [1.29, 1.82) is 0 Å². The van der Waals surface area contributed by atoms with Crippen molar-refractivity contribution in [2.24, 2.45) is 0 Å². The molecule has 0 amide bonds. The van der Waals surface area contributed by atoms with Crippen LogP contribution < -0.4 is 0 Å². The second-order valence-electron chi connectivity index (χ2n) is 1.33. The fourth-order valence-electron chi connectivity index (χ4n) is 0.129. The Hall–Kier alpha value is -0.350. The fourth-order valence-corrected chi connectivity index (χ4v) is 0.129. The van der Waals surface area contributed by atoms with Gasteiger partial charge < -0.3 is 5.11 Å². The minimum absolute atomic E-state index is 0.0957. The molecule has 0 saturated carbocycles. The standard InChI is InChI=1S/C3H6ClNO3/c1-2-3(4,6)5(7)8/h6H,2H2,1H3. The summed E-state index contributed by atoms with van der Waals surface area (Å²) in [4.78, 5) is 8.74. The van der Waals surface area contributed by atoms with Crippen molar-refractivity contribution >= 4 is 11.6 Å². The van der Waals surface area contributed by atoms with E-state index in [9.17, 15) is 10.1 Å². The largest absolute Gasteiger partial charge is 0.401 e. The predicted octanol–water partition coefficient (Wildman–Crippen LogP) is 0.558. The lowest BCUT2D eigenvalue weighted by Crippen LogP contribution is -2.29. The van der Waals surface area contributed by atoms with E-state index in [1.165, 1.54) is 6.92 Å². The van der Waals surface area contributed by atoms with Gasteiger partial charge >= 0.3 is 5.18 Å². The molecule has 0 rings (SSSR count). The zero-order valence-corrected chi connectivity index (χ0v) is 5.05. The van der Waals surface area contributed by atoms with Gasteiger partial charge in [-0.1, -0.05) is 6.92 Å². The van der Waals surface area contributed by atoms with E-state index < -0.39 is 10.1 Å². The van der Waals surface area contributed by atoms with E-state index in [2.05, 4.69) is 0 Å². The van der Waals surface area contributed by atoms with Crippen LogP contribution in [0.15, 0.2) is 0 Å². The molecule has 0 radical (unpaired) electrons. The minimum atomic E-state index is -2.26. The first kappa shape index (κ1) is 7.65. The van der Waals surface area contributed by atoms with Crippen molar-refractivity contribution in [2.75, 3.05) is 0 Å². The van der Waals surface area contributed by atoms with Crippen molar-refractivity contribution in [3.05, 3.63) is 10.1 Å². The first-order chi connectivity index (χ1) is 3.50. The predicted molar refractivity (Wildman–Crippen MR) is 28.1 cm³/mol. The lowest BCUT2D eigenvalue weighted by Gasteiger charge is -2.05. The van der Waals surface area contributed by atoms with E-state index in [1.54, 1.807) is 0 Å². The summed E-state index contributed by atoms with van der Waals surface area (Å²) < 4.78 is 0. The quantitative estimate of drug-likeness (QED) is 0.200. The van der Waals surface area contributed by atoms with Crippen molar-refractivity contribution in [3.63, 3.8) is 0 Å². The molecular formula is C3H6ClNO3. The third kappa shape index (κ3) is 1.63. The summed E-state index contributed by atoms with van der Waals surface area (Å²) in [7, 11) is 0. The van der Waals surface area contributed by atoms with Gasteiger partial charge in [0.2, 0.25) is 0 Å². The van der Waals surface area contributed by atoms with Crippen molar-refractivity contribution in [1.82, 2.24) is 0 Å². The lowest BCUT2D eigenvalue weighted by molar-refractivity contribution is -0.593. The number of nitro groups is 1. The van der Waals surface area contributed by atoms with E-state index in [4.69, 9.17) is 16.7 Å². The topological polar surface area (TPSA) is 63.4 Å². The van der Waals surface area contributed by atoms with Gasteiger partial charge in [0.1, 0.15) is 0 Å². The molecule has 0 aromatic rings. The maximum absolute atomic E-state index is 9.68. The van der Waals surface area contributed by atoms with Crippen LogP contribution >= 0.6 is 11.6 Å². The molecule has 0 aromatic carbocycles. The molecule has 5 heteroatoms. The third-order valence-electron chi connectivity index (χ3n) is 0.730. The molecule has 0 aromatic heterocycles. The van der Waals surface area contributed by atoms with E-state index in [1.807, 2.05) is 0 Å². The number of hydrogen-bond acceptors (Lipinski definition) is 3. The zero-order chi connectivity index (χ0) is 6.78. The Kier molecular flexibility index (Phi) is 2.18. The number of nitrogens with zero attached hydrogens (tertiary/aromatic N) is 1. The second-order valence-corrected chi connectivity index (χ2v) is 1.93. The van der Waals surface area contributed by atoms with Gasteiger partial charge in [0.15, 0.2) is 0 Å². The maximum Gasteiger partial charge on any atom is 0.401 e. The third-order valence-corrected chi connectivity index (χ3v) is 1.13. The van der Waals surface area contributed by atoms with Gasteiger partial charge in [-0.15, -0.1) is 0 Å². The molecule has 0 fully saturated rings. The van der Waals surface area contributed by atoms with Crippen LogP contribution in [0, 0.1) is 10.1 Å². The highest BCUT2D eigenvalue weighted by molar-refractivity contribution is 6.21. The van der Waals surface area contributed by atoms with E-state index in [-0.39, 0.29) is 6.42 Å². The molecule has 0 heterocycles. The molecule has 8 heavy (non-hydrogen) atoms. The van der Waals surface area contributed by atoms with Crippen LogP contribution in [0.4, 0.5) is 0 Å². The van der Waals surface area contributed by atoms with Gasteiger partial charge in [-0.05, 0) is 11.6 Å². The molecule has 0 saturated heterocycles. The van der Waals surface area contributed by atoms with Crippen LogP contribution in [0.3, 0.4) is 0 Å². The summed E-state index contributed by atoms with van der Waals surface area (Å²) in [5.41, 5.74) is 0. The van der Waals surface area contributed by atoms with Crippen LogP contribution in [0.25, 0.3) is 0 Å². The highest BCUT2D eigenvalue weighted by Gasteiger charge is 2.34. The first-order valence-electron chi connectivity index (χ1n) is 2.06. The monoisotopic (exact) mass is 139 g/mol. The Morgan fingerprint density at radius 3 is 2.38 bits per heavy atom. The molecule has 1 atom stereocenters. The first-order valence-corrected chi connectivity index (χ1v) is 2.44. The molecule has 0 spiro atoms. The van der Waals surface area contributed by atoms with Crippen molar-refractivity contribution in [2.45, 2.75) is 18.5 Å². The molecule has 4 nitrogen and oxygen atoms in total. The van der Waals surface area contributed by atoms with Gasteiger partial charge in [-0.25, -0.2) is 0 Å². The number of aliphatic hydroxyl groups is 1. The fraction of sp³-hybridized carbons (Fsp3) is 1.00. The maximum atomic E-state index is 9.68. The molecular weight excluding hydrogens is 133 g/mol. The molecule has 0 aliphatic carbocycles. The minimum Gasteiger partial charge on any atom is -0.317 e. The Labute approximate surface area is 51.2 Å². The molecule has 0 aliphatic rings. The van der Waals surface area contributed by atoms with Gasteiger partial charge in [0, 0.05) is 0 Å². The van der Waals surface area contributed by atoms with E-state index >= 15 is 0 Å². The van der Waals surface area contributed by atoms with Crippen LogP contribution in [0.1, 0.15) is 13.3 Å². The van der Waals surface area contributed by atoms with Gasteiger partial charge in [-0.2, -0.15) is 0 Å². The molecule has 0 bridgehead atoms. The highest BCUT2D eigenvalue weighted by atomic mass is 35.5. The summed E-state index contributed by atoms with van der Waals surface area (Å²) in [6.45, 7) is 1.43. The van der Waals surface area contributed by atoms with Gasteiger partial charge in [-0.3, -0.25) is 10.1 Å². The van der Waals surface area contributed by atoms with E-state index in [0.717, 1.165) is 0 Å². The lowest BCUT2D eigenvalue weighted by atomic mass is 10.4. The Balaban J connectivity index is 3.91. The SMILES string of the molecule is CCC(O)(Cl)[N+](=O)[O-]. The normalized spacial score (nSPS) is 17.4. The zero-order valence-electron chi connectivity index (χ0n) is 4.30. The van der Waals surface area contributed by atoms with Crippen LogP contribution in [-0.2, 0) is 0 Å². The Bertz CT molecular complexity index is 103. The summed E-state index contributed by atoms with van der Waals surface area (Å²) in [5, 5.41) is 15.9. The Morgan fingerprint density at radius 2 is 2.38 bits per heavy atom. The number of hydrogen-bond donors (Lipinski definition) is 1. The smallest absolute Gasteiger partial charge is 0.317 e. The number of alkyl halides is 1. The number of halogens is 1. The average Bonchev–Trinajstić information content (AvgIpc) is 1.67. The summed E-state index contributed by atoms with van der Waals surface area (Å²) in [5.74, 6) is 0. The summed E-state index contributed by atoms with van der Waals surface area (Å²) in [6.07, 6.45) is -0.0957. The van der Waals surface area contributed by atoms with Crippen molar-refractivity contribution in [3.8, 4) is 0 Å². The van der Waals surface area contributed by atoms with Crippen LogP contribution in [0.5, 0.6) is 0 Å². The molecule has 1 unspecified atom stereocenters. The highest BCUT2D eigenvalue weighted by Crippen LogP contribution is 2.14. The summed E-state index contributed by atoms with van der Waals surface area (Å²) in [6, 6.07) is 0. The van der Waals surface area contributed by atoms with Crippen LogP contribution in [0.2, 0.25) is 0 Å². The van der Waals surface area contributed by atoms with Gasteiger partial charge in [0.05, 0.1) is 11.3 Å². The van der Waals surface area contributed by atoms with Gasteiger partial charge in [0.25, 0.3) is 0 Å². The molecule has 1 N–H and O–H groups in total. The van der Waals surface area contributed by atoms with Crippen molar-refractivity contribution < 1.29 is 10.0 Å².